The Hall–Kier alpha value is -0.120. The van der Waals surface area contributed by atoms with Crippen LogP contribution in [0.3, 0.4) is 0 Å². The molecule has 1 heterocycles. The summed E-state index contributed by atoms with van der Waals surface area (Å²) in [5.74, 6) is 0. The summed E-state index contributed by atoms with van der Waals surface area (Å²) in [6.07, 6.45) is 7.74. The van der Waals surface area contributed by atoms with Crippen molar-refractivity contribution in [3.8, 4) is 0 Å². The van der Waals surface area contributed by atoms with Crippen LogP contribution in [0.15, 0.2) is 0 Å². The molecule has 20 heavy (non-hydrogen) atoms. The SMILES string of the molecule is CCCN(CCC)CCCN(CCC)C1CC[N]CC1. The Morgan fingerprint density at radius 2 is 1.40 bits per heavy atom. The van der Waals surface area contributed by atoms with Gasteiger partial charge in [0.05, 0.1) is 0 Å². The molecule has 0 aromatic heterocycles. The highest BCUT2D eigenvalue weighted by Crippen LogP contribution is 2.13. The summed E-state index contributed by atoms with van der Waals surface area (Å²) in [6, 6.07) is 0.804. The summed E-state index contributed by atoms with van der Waals surface area (Å²) < 4.78 is 0. The van der Waals surface area contributed by atoms with Crippen LogP contribution in [0.1, 0.15) is 59.3 Å². The van der Waals surface area contributed by atoms with E-state index >= 15 is 0 Å². The Balaban J connectivity index is 2.29. The van der Waals surface area contributed by atoms with E-state index in [1.807, 2.05) is 0 Å². The maximum Gasteiger partial charge on any atom is 0.0148 e. The van der Waals surface area contributed by atoms with E-state index in [0.29, 0.717) is 0 Å². The molecule has 1 saturated heterocycles. The van der Waals surface area contributed by atoms with E-state index < -0.39 is 0 Å². The zero-order valence-electron chi connectivity index (χ0n) is 14.1. The molecule has 0 amide bonds. The number of piperidine rings is 1. The molecule has 0 aromatic carbocycles. The largest absolute Gasteiger partial charge is 0.303 e. The Morgan fingerprint density at radius 3 is 1.95 bits per heavy atom. The molecule has 0 unspecified atom stereocenters. The third-order valence-corrected chi connectivity index (χ3v) is 4.27. The molecule has 3 nitrogen and oxygen atoms in total. The maximum absolute atomic E-state index is 4.49. The predicted molar refractivity (Wildman–Crippen MR) is 88.4 cm³/mol. The average molecular weight is 282 g/mol. The summed E-state index contributed by atoms with van der Waals surface area (Å²) in [7, 11) is 0. The molecule has 0 bridgehead atoms. The fraction of sp³-hybridized carbons (Fsp3) is 1.00. The number of hydrogen-bond acceptors (Lipinski definition) is 2. The molecule has 1 fully saturated rings. The lowest BCUT2D eigenvalue weighted by Crippen LogP contribution is -2.43. The molecule has 1 radical (unpaired) electrons. The molecular formula is C17H36N3. The van der Waals surface area contributed by atoms with Gasteiger partial charge in [0.2, 0.25) is 0 Å². The molecule has 0 saturated carbocycles. The summed E-state index contributed by atoms with van der Waals surface area (Å²) >= 11 is 0. The van der Waals surface area contributed by atoms with Crippen molar-refractivity contribution in [2.45, 2.75) is 65.3 Å². The smallest absolute Gasteiger partial charge is 0.0148 e. The van der Waals surface area contributed by atoms with Crippen LogP contribution in [0.2, 0.25) is 0 Å². The zero-order valence-corrected chi connectivity index (χ0v) is 14.1. The lowest BCUT2D eigenvalue weighted by Gasteiger charge is -2.34. The third-order valence-electron chi connectivity index (χ3n) is 4.27. The second-order valence-corrected chi connectivity index (χ2v) is 6.13. The highest BCUT2D eigenvalue weighted by atomic mass is 15.2. The van der Waals surface area contributed by atoms with E-state index in [1.165, 1.54) is 71.2 Å². The predicted octanol–water partition coefficient (Wildman–Crippen LogP) is 2.98. The van der Waals surface area contributed by atoms with Crippen LogP contribution >= 0.6 is 0 Å². The van der Waals surface area contributed by atoms with Crippen molar-refractivity contribution in [2.24, 2.45) is 0 Å². The number of nitrogens with zero attached hydrogens (tertiary/aromatic N) is 3. The summed E-state index contributed by atoms with van der Waals surface area (Å²) in [4.78, 5) is 5.38. The van der Waals surface area contributed by atoms with E-state index in [2.05, 4.69) is 35.9 Å². The van der Waals surface area contributed by atoms with E-state index in [0.717, 1.165) is 19.1 Å². The summed E-state index contributed by atoms with van der Waals surface area (Å²) in [6.45, 7) is 15.4. The monoisotopic (exact) mass is 282 g/mol. The quantitative estimate of drug-likeness (QED) is 0.581. The Labute approximate surface area is 127 Å². The normalized spacial score (nSPS) is 17.2. The van der Waals surface area contributed by atoms with Crippen molar-refractivity contribution >= 4 is 0 Å². The van der Waals surface area contributed by atoms with Crippen LogP contribution in [0.25, 0.3) is 0 Å². The van der Waals surface area contributed by atoms with Crippen molar-refractivity contribution in [2.75, 3.05) is 45.8 Å². The Kier molecular flexibility index (Phi) is 10.3. The highest BCUT2D eigenvalue weighted by molar-refractivity contribution is 4.77. The van der Waals surface area contributed by atoms with Gasteiger partial charge >= 0.3 is 0 Å². The zero-order chi connectivity index (χ0) is 14.6. The Bertz CT molecular complexity index is 208. The summed E-state index contributed by atoms with van der Waals surface area (Å²) in [5, 5.41) is 4.49. The van der Waals surface area contributed by atoms with Gasteiger partial charge in [-0.1, -0.05) is 20.8 Å². The van der Waals surface area contributed by atoms with Gasteiger partial charge in [-0.2, -0.15) is 0 Å². The minimum atomic E-state index is 0.804. The van der Waals surface area contributed by atoms with E-state index in [1.54, 1.807) is 0 Å². The molecule has 0 aliphatic carbocycles. The van der Waals surface area contributed by atoms with Crippen LogP contribution in [0, 0.1) is 0 Å². The minimum Gasteiger partial charge on any atom is -0.303 e. The lowest BCUT2D eigenvalue weighted by atomic mass is 10.0. The van der Waals surface area contributed by atoms with E-state index in [4.69, 9.17) is 0 Å². The van der Waals surface area contributed by atoms with Gasteiger partial charge in [0.1, 0.15) is 0 Å². The van der Waals surface area contributed by atoms with Crippen molar-refractivity contribution < 1.29 is 0 Å². The average Bonchev–Trinajstić information content (AvgIpc) is 2.48. The van der Waals surface area contributed by atoms with Gasteiger partial charge < -0.3 is 9.80 Å². The molecule has 0 N–H and O–H groups in total. The minimum absolute atomic E-state index is 0.804. The van der Waals surface area contributed by atoms with E-state index in [9.17, 15) is 0 Å². The molecule has 0 atom stereocenters. The topological polar surface area (TPSA) is 20.6 Å². The summed E-state index contributed by atoms with van der Waals surface area (Å²) in [5.41, 5.74) is 0. The van der Waals surface area contributed by atoms with Crippen LogP contribution in [0.4, 0.5) is 0 Å². The molecule has 1 rings (SSSR count). The fourth-order valence-electron chi connectivity index (χ4n) is 3.33. The van der Waals surface area contributed by atoms with Gasteiger partial charge in [-0.3, -0.25) is 0 Å². The van der Waals surface area contributed by atoms with Gasteiger partial charge in [0.25, 0.3) is 0 Å². The third kappa shape index (κ3) is 7.05. The maximum atomic E-state index is 4.49. The van der Waals surface area contributed by atoms with Crippen molar-refractivity contribution in [3.63, 3.8) is 0 Å². The molecule has 0 aromatic rings. The lowest BCUT2D eigenvalue weighted by molar-refractivity contribution is 0.149. The second-order valence-electron chi connectivity index (χ2n) is 6.13. The second kappa shape index (κ2) is 11.5. The van der Waals surface area contributed by atoms with Gasteiger partial charge in [-0.25, -0.2) is 5.32 Å². The van der Waals surface area contributed by atoms with Crippen molar-refractivity contribution in [3.05, 3.63) is 0 Å². The van der Waals surface area contributed by atoms with Crippen LogP contribution < -0.4 is 5.32 Å². The highest BCUT2D eigenvalue weighted by Gasteiger charge is 2.20. The number of hydrogen-bond donors (Lipinski definition) is 0. The first kappa shape index (κ1) is 17.9. The van der Waals surface area contributed by atoms with Crippen LogP contribution in [-0.4, -0.2) is 61.7 Å². The Morgan fingerprint density at radius 1 is 0.800 bits per heavy atom. The van der Waals surface area contributed by atoms with E-state index in [-0.39, 0.29) is 0 Å². The van der Waals surface area contributed by atoms with Crippen LogP contribution in [-0.2, 0) is 0 Å². The molecule has 1 aliphatic rings. The van der Waals surface area contributed by atoms with Crippen molar-refractivity contribution in [1.29, 1.82) is 0 Å². The molecule has 1 aliphatic heterocycles. The first-order valence-corrected chi connectivity index (χ1v) is 8.91. The molecule has 119 valence electrons. The van der Waals surface area contributed by atoms with Gasteiger partial charge in [-0.15, -0.1) is 0 Å². The molecule has 0 spiro atoms. The molecular weight excluding hydrogens is 246 g/mol. The van der Waals surface area contributed by atoms with Crippen LogP contribution in [0.5, 0.6) is 0 Å². The first-order valence-electron chi connectivity index (χ1n) is 8.91. The number of rotatable bonds is 11. The standard InChI is InChI=1S/C17H36N3/c1-4-12-19(13-5-2)15-7-16-20(14-6-3)17-8-10-18-11-9-17/h17H,4-16H2,1-3H3. The van der Waals surface area contributed by atoms with Crippen molar-refractivity contribution in [1.82, 2.24) is 15.1 Å². The fourth-order valence-corrected chi connectivity index (χ4v) is 3.33. The van der Waals surface area contributed by atoms with Gasteiger partial charge in [0.15, 0.2) is 0 Å². The first-order chi connectivity index (χ1) is 9.81. The van der Waals surface area contributed by atoms with Gasteiger partial charge in [0, 0.05) is 19.1 Å². The molecule has 3 heteroatoms. The van der Waals surface area contributed by atoms with Gasteiger partial charge in [-0.05, 0) is 71.2 Å².